The Morgan fingerprint density at radius 2 is 2.29 bits per heavy atom. The van der Waals surface area contributed by atoms with Gasteiger partial charge in [-0.2, -0.15) is 0 Å². The van der Waals surface area contributed by atoms with Gasteiger partial charge in [0.15, 0.2) is 0 Å². The van der Waals surface area contributed by atoms with Gasteiger partial charge in [-0.05, 0) is 32.4 Å². The Morgan fingerprint density at radius 1 is 1.47 bits per heavy atom. The van der Waals surface area contributed by atoms with Crippen LogP contribution in [0.3, 0.4) is 0 Å². The third kappa shape index (κ3) is 4.71. The van der Waals surface area contributed by atoms with E-state index in [9.17, 15) is 0 Å². The number of pyridine rings is 1. The molecule has 0 amide bonds. The molecule has 0 fully saturated rings. The minimum Gasteiger partial charge on any atom is -0.398 e. The van der Waals surface area contributed by atoms with E-state index in [-0.39, 0.29) is 6.04 Å². The van der Waals surface area contributed by atoms with Crippen molar-refractivity contribution in [2.24, 2.45) is 0 Å². The highest BCUT2D eigenvalue weighted by Crippen LogP contribution is 2.21. The Labute approximate surface area is 104 Å². The molecule has 17 heavy (non-hydrogen) atoms. The van der Waals surface area contributed by atoms with Crippen LogP contribution < -0.4 is 11.1 Å². The zero-order valence-electron chi connectivity index (χ0n) is 10.8. The predicted octanol–water partition coefficient (Wildman–Crippen LogP) is 2.13. The summed E-state index contributed by atoms with van der Waals surface area (Å²) in [6, 6.07) is 2.08. The molecule has 0 aliphatic heterocycles. The SMILES string of the molecule is CCCNC(CCOCC)c1cnccc1N. The van der Waals surface area contributed by atoms with Crippen LogP contribution in [0.15, 0.2) is 18.5 Å². The highest BCUT2D eigenvalue weighted by Gasteiger charge is 2.13. The molecule has 0 bridgehead atoms. The lowest BCUT2D eigenvalue weighted by Crippen LogP contribution is -2.24. The van der Waals surface area contributed by atoms with E-state index in [0.29, 0.717) is 0 Å². The average Bonchev–Trinajstić information content (AvgIpc) is 2.35. The van der Waals surface area contributed by atoms with Crippen LogP contribution in [0.1, 0.15) is 38.3 Å². The van der Waals surface area contributed by atoms with Crippen molar-refractivity contribution < 1.29 is 4.74 Å². The molecule has 1 atom stereocenters. The third-order valence-corrected chi connectivity index (χ3v) is 2.66. The number of hydrogen-bond acceptors (Lipinski definition) is 4. The molecule has 1 aromatic heterocycles. The molecule has 0 saturated heterocycles. The molecule has 1 unspecified atom stereocenters. The zero-order chi connectivity index (χ0) is 12.5. The number of nitrogen functional groups attached to an aromatic ring is 1. The average molecular weight is 237 g/mol. The van der Waals surface area contributed by atoms with Crippen LogP contribution in [-0.2, 0) is 4.74 Å². The van der Waals surface area contributed by atoms with E-state index in [4.69, 9.17) is 10.5 Å². The number of nitrogens with two attached hydrogens (primary N) is 1. The van der Waals surface area contributed by atoms with Gasteiger partial charge in [0.2, 0.25) is 0 Å². The van der Waals surface area contributed by atoms with Gasteiger partial charge >= 0.3 is 0 Å². The van der Waals surface area contributed by atoms with Crippen molar-refractivity contribution in [3.63, 3.8) is 0 Å². The summed E-state index contributed by atoms with van der Waals surface area (Å²) in [6.45, 7) is 6.63. The van der Waals surface area contributed by atoms with Gasteiger partial charge in [-0.1, -0.05) is 6.92 Å². The first-order valence-corrected chi connectivity index (χ1v) is 6.30. The highest BCUT2D eigenvalue weighted by molar-refractivity contribution is 5.46. The predicted molar refractivity (Wildman–Crippen MR) is 70.8 cm³/mol. The molecule has 4 nitrogen and oxygen atoms in total. The summed E-state index contributed by atoms with van der Waals surface area (Å²) in [5.74, 6) is 0. The van der Waals surface area contributed by atoms with Crippen LogP contribution in [-0.4, -0.2) is 24.7 Å². The number of rotatable bonds is 8. The van der Waals surface area contributed by atoms with Crippen molar-refractivity contribution in [1.82, 2.24) is 10.3 Å². The van der Waals surface area contributed by atoms with Crippen LogP contribution in [0.25, 0.3) is 0 Å². The summed E-state index contributed by atoms with van der Waals surface area (Å²) in [6.07, 6.45) is 5.59. The molecule has 0 saturated carbocycles. The number of hydrogen-bond donors (Lipinski definition) is 2. The lowest BCUT2D eigenvalue weighted by Gasteiger charge is -2.20. The number of aromatic nitrogens is 1. The molecule has 1 heterocycles. The Balaban J connectivity index is 2.64. The second kappa shape index (κ2) is 8.03. The van der Waals surface area contributed by atoms with Gasteiger partial charge in [0.05, 0.1) is 0 Å². The van der Waals surface area contributed by atoms with E-state index in [1.54, 1.807) is 6.20 Å². The Morgan fingerprint density at radius 3 is 2.94 bits per heavy atom. The number of nitrogens with one attached hydrogen (secondary N) is 1. The summed E-state index contributed by atoms with van der Waals surface area (Å²) >= 11 is 0. The number of nitrogens with zero attached hydrogens (tertiary/aromatic N) is 1. The summed E-state index contributed by atoms with van der Waals surface area (Å²) in [7, 11) is 0. The highest BCUT2D eigenvalue weighted by atomic mass is 16.5. The van der Waals surface area contributed by atoms with Gasteiger partial charge in [-0.3, -0.25) is 4.98 Å². The second-order valence-electron chi connectivity index (χ2n) is 4.00. The van der Waals surface area contributed by atoms with Crippen molar-refractivity contribution in [3.05, 3.63) is 24.0 Å². The molecule has 1 rings (SSSR count). The first-order chi connectivity index (χ1) is 8.29. The van der Waals surface area contributed by atoms with E-state index in [1.807, 2.05) is 19.2 Å². The molecule has 0 radical (unpaired) electrons. The number of anilines is 1. The molecule has 0 aromatic carbocycles. The van der Waals surface area contributed by atoms with Crippen LogP contribution in [0, 0.1) is 0 Å². The van der Waals surface area contributed by atoms with Gasteiger partial charge in [0.25, 0.3) is 0 Å². The summed E-state index contributed by atoms with van der Waals surface area (Å²) < 4.78 is 5.40. The minimum absolute atomic E-state index is 0.232. The normalized spacial score (nSPS) is 12.6. The Hall–Kier alpha value is -1.13. The van der Waals surface area contributed by atoms with E-state index in [1.165, 1.54) is 0 Å². The van der Waals surface area contributed by atoms with Gasteiger partial charge < -0.3 is 15.8 Å². The summed E-state index contributed by atoms with van der Waals surface area (Å²) in [5, 5.41) is 3.49. The van der Waals surface area contributed by atoms with Gasteiger partial charge in [-0.25, -0.2) is 0 Å². The van der Waals surface area contributed by atoms with Crippen LogP contribution >= 0.6 is 0 Å². The van der Waals surface area contributed by atoms with Gasteiger partial charge in [0, 0.05) is 42.9 Å². The molecule has 4 heteroatoms. The molecular formula is C13H23N3O. The monoisotopic (exact) mass is 237 g/mol. The Kier molecular flexibility index (Phi) is 6.58. The van der Waals surface area contributed by atoms with E-state index < -0.39 is 0 Å². The van der Waals surface area contributed by atoms with Crippen molar-refractivity contribution in [2.45, 2.75) is 32.7 Å². The third-order valence-electron chi connectivity index (χ3n) is 2.66. The lowest BCUT2D eigenvalue weighted by atomic mass is 10.0. The molecule has 3 N–H and O–H groups in total. The van der Waals surface area contributed by atoms with Crippen LogP contribution in [0.2, 0.25) is 0 Å². The van der Waals surface area contributed by atoms with Crippen molar-refractivity contribution in [1.29, 1.82) is 0 Å². The first kappa shape index (κ1) is 13.9. The van der Waals surface area contributed by atoms with Crippen LogP contribution in [0.4, 0.5) is 5.69 Å². The molecular weight excluding hydrogens is 214 g/mol. The number of ether oxygens (including phenoxy) is 1. The summed E-state index contributed by atoms with van der Waals surface area (Å²) in [5.41, 5.74) is 7.84. The largest absolute Gasteiger partial charge is 0.398 e. The van der Waals surface area contributed by atoms with Crippen molar-refractivity contribution >= 4 is 5.69 Å². The van der Waals surface area contributed by atoms with Crippen molar-refractivity contribution in [2.75, 3.05) is 25.5 Å². The smallest absolute Gasteiger partial charge is 0.0484 e. The van der Waals surface area contributed by atoms with E-state index in [2.05, 4.69) is 17.2 Å². The first-order valence-electron chi connectivity index (χ1n) is 6.30. The second-order valence-corrected chi connectivity index (χ2v) is 4.00. The lowest BCUT2D eigenvalue weighted by molar-refractivity contribution is 0.136. The zero-order valence-corrected chi connectivity index (χ0v) is 10.8. The molecule has 0 aliphatic rings. The molecule has 1 aromatic rings. The quantitative estimate of drug-likeness (QED) is 0.680. The van der Waals surface area contributed by atoms with E-state index >= 15 is 0 Å². The van der Waals surface area contributed by atoms with Crippen molar-refractivity contribution in [3.8, 4) is 0 Å². The maximum atomic E-state index is 5.98. The fraction of sp³-hybridized carbons (Fsp3) is 0.615. The van der Waals surface area contributed by atoms with Crippen LogP contribution in [0.5, 0.6) is 0 Å². The Bertz CT molecular complexity index is 317. The molecule has 0 aliphatic carbocycles. The van der Waals surface area contributed by atoms with Gasteiger partial charge in [-0.15, -0.1) is 0 Å². The topological polar surface area (TPSA) is 60.2 Å². The standard InChI is InChI=1S/C13H23N3O/c1-3-7-16-13(6-9-17-4-2)11-10-15-8-5-12(11)14/h5,8,10,13,16H,3-4,6-7,9H2,1-2H3,(H2,14,15). The fourth-order valence-corrected chi connectivity index (χ4v) is 1.74. The summed E-state index contributed by atoms with van der Waals surface area (Å²) in [4.78, 5) is 4.14. The fourth-order valence-electron chi connectivity index (χ4n) is 1.74. The minimum atomic E-state index is 0.232. The van der Waals surface area contributed by atoms with Gasteiger partial charge in [0.1, 0.15) is 0 Å². The van der Waals surface area contributed by atoms with E-state index in [0.717, 1.165) is 43.9 Å². The maximum Gasteiger partial charge on any atom is 0.0484 e. The molecule has 0 spiro atoms. The molecule has 96 valence electrons. The maximum absolute atomic E-state index is 5.98.